The summed E-state index contributed by atoms with van der Waals surface area (Å²) in [6.45, 7) is 0. The number of amides is 2. The van der Waals surface area contributed by atoms with Crippen molar-refractivity contribution in [2.24, 2.45) is 11.6 Å². The Morgan fingerprint density at radius 1 is 1.33 bits per heavy atom. The summed E-state index contributed by atoms with van der Waals surface area (Å²) in [7, 11) is 0. The number of carbonyl (C=O) groups excluding carboxylic acids is 2. The van der Waals surface area contributed by atoms with Crippen LogP contribution in [0.1, 0.15) is 21.1 Å². The van der Waals surface area contributed by atoms with Crippen molar-refractivity contribution in [2.45, 2.75) is 0 Å². The number of nitrogens with one attached hydrogen (secondary N) is 1. The first-order valence-electron chi connectivity index (χ1n) is 3.05. The van der Waals surface area contributed by atoms with Crippen LogP contribution in [0.15, 0.2) is 16.5 Å². The fourth-order valence-corrected chi connectivity index (χ4v) is 0.663. The molecule has 0 aliphatic heterocycles. The van der Waals surface area contributed by atoms with Crippen molar-refractivity contribution in [3.05, 3.63) is 23.7 Å². The summed E-state index contributed by atoms with van der Waals surface area (Å²) in [4.78, 5) is 21.3. The molecule has 1 heterocycles. The fraction of sp³-hybridized carbons (Fsp3) is 0. The Balaban J connectivity index is 2.91. The molecule has 0 radical (unpaired) electrons. The fourth-order valence-electron chi connectivity index (χ4n) is 0.663. The smallest absolute Gasteiger partial charge is 0.300 e. The zero-order valence-electron chi connectivity index (χ0n) is 6.03. The predicted octanol–water partition coefficient (Wildman–Crippen LogP) is -1.02. The second-order valence-electron chi connectivity index (χ2n) is 2.00. The number of primary amides is 1. The maximum absolute atomic E-state index is 10.8. The van der Waals surface area contributed by atoms with Gasteiger partial charge in [0.15, 0.2) is 11.5 Å². The van der Waals surface area contributed by atoms with E-state index in [9.17, 15) is 9.59 Å². The molecule has 0 aliphatic rings. The predicted molar refractivity (Wildman–Crippen MR) is 38.9 cm³/mol. The van der Waals surface area contributed by atoms with Gasteiger partial charge in [-0.25, -0.2) is 5.84 Å². The van der Waals surface area contributed by atoms with Gasteiger partial charge >= 0.3 is 5.91 Å². The molecule has 6 nitrogen and oxygen atoms in total. The van der Waals surface area contributed by atoms with Crippen molar-refractivity contribution in [2.75, 3.05) is 0 Å². The van der Waals surface area contributed by atoms with Crippen LogP contribution in [0.4, 0.5) is 0 Å². The molecule has 0 unspecified atom stereocenters. The van der Waals surface area contributed by atoms with Crippen LogP contribution in [-0.4, -0.2) is 11.8 Å². The molecule has 0 atom stereocenters. The van der Waals surface area contributed by atoms with Crippen LogP contribution in [0.3, 0.4) is 0 Å². The van der Waals surface area contributed by atoms with Gasteiger partial charge in [0.1, 0.15) is 0 Å². The minimum absolute atomic E-state index is 0.0497. The number of hydrogen-bond acceptors (Lipinski definition) is 4. The summed E-state index contributed by atoms with van der Waals surface area (Å²) in [5.41, 5.74) is 6.72. The first-order chi connectivity index (χ1) is 5.65. The van der Waals surface area contributed by atoms with Gasteiger partial charge in [0.25, 0.3) is 5.91 Å². The molecule has 6 heteroatoms. The lowest BCUT2D eigenvalue weighted by molar-refractivity contribution is 0.0916. The van der Waals surface area contributed by atoms with E-state index in [1.165, 1.54) is 12.1 Å². The molecule has 0 bridgehead atoms. The van der Waals surface area contributed by atoms with Crippen molar-refractivity contribution in [3.8, 4) is 0 Å². The lowest BCUT2D eigenvalue weighted by Crippen LogP contribution is -2.29. The molecule has 0 saturated heterocycles. The zero-order chi connectivity index (χ0) is 9.14. The van der Waals surface area contributed by atoms with Crippen LogP contribution < -0.4 is 17.0 Å². The normalized spacial score (nSPS) is 9.42. The number of rotatable bonds is 2. The van der Waals surface area contributed by atoms with Crippen molar-refractivity contribution in [1.82, 2.24) is 5.43 Å². The average molecular weight is 169 g/mol. The number of furan rings is 1. The van der Waals surface area contributed by atoms with E-state index in [1.54, 1.807) is 0 Å². The van der Waals surface area contributed by atoms with E-state index in [-0.39, 0.29) is 11.5 Å². The molecule has 12 heavy (non-hydrogen) atoms. The standard InChI is InChI=1S/C6H7N3O3/c7-5(10)3-1-2-4(12-3)6(11)9-8/h1-2H,8H2,(H2,7,10)(H,9,11). The average Bonchev–Trinajstić information content (AvgIpc) is 2.51. The van der Waals surface area contributed by atoms with Crippen molar-refractivity contribution in [1.29, 1.82) is 0 Å². The van der Waals surface area contributed by atoms with E-state index in [0.29, 0.717) is 0 Å². The van der Waals surface area contributed by atoms with E-state index in [0.717, 1.165) is 0 Å². The van der Waals surface area contributed by atoms with Crippen LogP contribution >= 0.6 is 0 Å². The van der Waals surface area contributed by atoms with E-state index < -0.39 is 11.8 Å². The molecule has 0 fully saturated rings. The molecule has 5 N–H and O–H groups in total. The largest absolute Gasteiger partial charge is 0.446 e. The summed E-state index contributed by atoms with van der Waals surface area (Å²) >= 11 is 0. The highest BCUT2D eigenvalue weighted by molar-refractivity contribution is 5.94. The van der Waals surface area contributed by atoms with E-state index in [1.807, 2.05) is 5.43 Å². The molecule has 1 rings (SSSR count). The van der Waals surface area contributed by atoms with Gasteiger partial charge in [0.05, 0.1) is 0 Å². The lowest BCUT2D eigenvalue weighted by atomic mass is 10.4. The number of nitrogen functional groups attached to an aromatic ring is 1. The van der Waals surface area contributed by atoms with Crippen molar-refractivity contribution >= 4 is 11.8 Å². The lowest BCUT2D eigenvalue weighted by Gasteiger charge is -1.92. The van der Waals surface area contributed by atoms with Crippen molar-refractivity contribution in [3.63, 3.8) is 0 Å². The van der Waals surface area contributed by atoms with Gasteiger partial charge < -0.3 is 10.2 Å². The number of nitrogens with two attached hydrogens (primary N) is 2. The second kappa shape index (κ2) is 3.05. The Hall–Kier alpha value is -1.82. The quantitative estimate of drug-likeness (QED) is 0.299. The summed E-state index contributed by atoms with van der Waals surface area (Å²) in [6.07, 6.45) is 0. The molecular weight excluding hydrogens is 162 g/mol. The molecule has 2 amide bonds. The third-order valence-corrected chi connectivity index (χ3v) is 1.20. The third-order valence-electron chi connectivity index (χ3n) is 1.20. The summed E-state index contributed by atoms with van der Waals surface area (Å²) in [5, 5.41) is 0. The van der Waals surface area contributed by atoms with Gasteiger partial charge in [-0.3, -0.25) is 15.0 Å². The van der Waals surface area contributed by atoms with Gasteiger partial charge in [0, 0.05) is 0 Å². The molecular formula is C6H7N3O3. The van der Waals surface area contributed by atoms with Gasteiger partial charge in [-0.1, -0.05) is 0 Å². The number of carbonyl (C=O) groups is 2. The van der Waals surface area contributed by atoms with Gasteiger partial charge in [-0.2, -0.15) is 0 Å². The summed E-state index contributed by atoms with van der Waals surface area (Å²) in [6, 6.07) is 2.61. The van der Waals surface area contributed by atoms with Crippen LogP contribution in [0.5, 0.6) is 0 Å². The minimum atomic E-state index is -0.730. The second-order valence-corrected chi connectivity index (χ2v) is 2.00. The Labute approximate surface area is 67.5 Å². The van der Waals surface area contributed by atoms with Crippen LogP contribution in [0.25, 0.3) is 0 Å². The van der Waals surface area contributed by atoms with Gasteiger partial charge in [0.2, 0.25) is 0 Å². The molecule has 1 aromatic rings. The summed E-state index contributed by atoms with van der Waals surface area (Å²) < 4.78 is 4.73. The van der Waals surface area contributed by atoms with Gasteiger partial charge in [-0.15, -0.1) is 0 Å². The number of hydrazine groups is 1. The highest BCUT2D eigenvalue weighted by Gasteiger charge is 2.11. The maximum atomic E-state index is 10.8. The van der Waals surface area contributed by atoms with E-state index in [4.69, 9.17) is 16.0 Å². The van der Waals surface area contributed by atoms with Crippen LogP contribution in [0.2, 0.25) is 0 Å². The molecule has 0 spiro atoms. The minimum Gasteiger partial charge on any atom is -0.446 e. The summed E-state index contributed by atoms with van der Waals surface area (Å²) in [5.74, 6) is 3.35. The molecule has 64 valence electrons. The van der Waals surface area contributed by atoms with Crippen molar-refractivity contribution < 1.29 is 14.0 Å². The molecule has 0 aliphatic carbocycles. The Kier molecular flexibility index (Phi) is 2.11. The van der Waals surface area contributed by atoms with E-state index in [2.05, 4.69) is 0 Å². The molecule has 1 aromatic heterocycles. The Morgan fingerprint density at radius 2 is 1.92 bits per heavy atom. The number of hydrogen-bond donors (Lipinski definition) is 3. The molecule has 0 aromatic carbocycles. The van der Waals surface area contributed by atoms with Crippen LogP contribution in [-0.2, 0) is 0 Å². The Morgan fingerprint density at radius 3 is 2.33 bits per heavy atom. The van der Waals surface area contributed by atoms with E-state index >= 15 is 0 Å². The third kappa shape index (κ3) is 1.43. The first kappa shape index (κ1) is 8.28. The highest BCUT2D eigenvalue weighted by Crippen LogP contribution is 2.05. The SMILES string of the molecule is NNC(=O)c1ccc(C(N)=O)o1. The van der Waals surface area contributed by atoms with Crippen LogP contribution in [0, 0.1) is 0 Å². The maximum Gasteiger partial charge on any atom is 0.300 e. The zero-order valence-corrected chi connectivity index (χ0v) is 6.03. The topological polar surface area (TPSA) is 111 Å². The van der Waals surface area contributed by atoms with Gasteiger partial charge in [-0.05, 0) is 12.1 Å². The highest BCUT2D eigenvalue weighted by atomic mass is 16.4. The monoisotopic (exact) mass is 169 g/mol. The first-order valence-corrected chi connectivity index (χ1v) is 3.05. The molecule has 0 saturated carbocycles. The Bertz CT molecular complexity index is 318.